The zero-order valence-electron chi connectivity index (χ0n) is 14.4. The first-order chi connectivity index (χ1) is 12.6. The molecule has 0 spiro atoms. The fourth-order valence-electron chi connectivity index (χ4n) is 2.52. The van der Waals surface area contributed by atoms with Crippen LogP contribution in [-0.2, 0) is 4.79 Å². The SMILES string of the molecule is CC(Oc1ccc2ccccc2c1)C(=O)NCCOc1ccc(F)cc1. The third kappa shape index (κ3) is 4.72. The molecule has 0 bridgehead atoms. The summed E-state index contributed by atoms with van der Waals surface area (Å²) < 4.78 is 24.0. The fourth-order valence-corrected chi connectivity index (χ4v) is 2.52. The first-order valence-electron chi connectivity index (χ1n) is 8.43. The Labute approximate surface area is 151 Å². The molecule has 0 fully saturated rings. The molecule has 0 aromatic heterocycles. The average molecular weight is 353 g/mol. The van der Waals surface area contributed by atoms with Gasteiger partial charge in [-0.2, -0.15) is 0 Å². The highest BCUT2D eigenvalue weighted by Gasteiger charge is 2.14. The number of amides is 1. The number of halogens is 1. The van der Waals surface area contributed by atoms with Gasteiger partial charge >= 0.3 is 0 Å². The maximum absolute atomic E-state index is 12.8. The van der Waals surface area contributed by atoms with Crippen LogP contribution >= 0.6 is 0 Å². The molecule has 3 aromatic carbocycles. The third-order valence-electron chi connectivity index (χ3n) is 3.89. The minimum atomic E-state index is -0.623. The Hall–Kier alpha value is -3.08. The Morgan fingerprint density at radius 1 is 1.00 bits per heavy atom. The van der Waals surface area contributed by atoms with Gasteiger partial charge in [0.25, 0.3) is 5.91 Å². The predicted octanol–water partition coefficient (Wildman–Crippen LogP) is 3.94. The molecule has 4 nitrogen and oxygen atoms in total. The second-order valence-corrected chi connectivity index (χ2v) is 5.86. The maximum Gasteiger partial charge on any atom is 0.260 e. The summed E-state index contributed by atoms with van der Waals surface area (Å²) in [6, 6.07) is 19.4. The van der Waals surface area contributed by atoms with Crippen molar-refractivity contribution in [1.29, 1.82) is 0 Å². The van der Waals surface area contributed by atoms with Gasteiger partial charge < -0.3 is 14.8 Å². The highest BCUT2D eigenvalue weighted by atomic mass is 19.1. The van der Waals surface area contributed by atoms with Crippen LogP contribution in [0.3, 0.4) is 0 Å². The summed E-state index contributed by atoms with van der Waals surface area (Å²) in [5, 5.41) is 4.94. The molecule has 3 rings (SSSR count). The molecule has 0 saturated heterocycles. The van der Waals surface area contributed by atoms with E-state index in [4.69, 9.17) is 9.47 Å². The van der Waals surface area contributed by atoms with Crippen molar-refractivity contribution in [1.82, 2.24) is 5.32 Å². The van der Waals surface area contributed by atoms with E-state index in [0.717, 1.165) is 10.8 Å². The molecule has 3 aromatic rings. The summed E-state index contributed by atoms with van der Waals surface area (Å²) in [5.74, 6) is 0.668. The Morgan fingerprint density at radius 2 is 1.69 bits per heavy atom. The van der Waals surface area contributed by atoms with Gasteiger partial charge in [0, 0.05) is 0 Å². The average Bonchev–Trinajstić information content (AvgIpc) is 2.66. The lowest BCUT2D eigenvalue weighted by molar-refractivity contribution is -0.127. The van der Waals surface area contributed by atoms with Gasteiger partial charge in [-0.25, -0.2) is 4.39 Å². The largest absolute Gasteiger partial charge is 0.492 e. The summed E-state index contributed by atoms with van der Waals surface area (Å²) in [6.07, 6.45) is -0.623. The van der Waals surface area contributed by atoms with Gasteiger partial charge in [0.1, 0.15) is 23.9 Å². The van der Waals surface area contributed by atoms with Crippen LogP contribution in [-0.4, -0.2) is 25.2 Å². The molecular weight excluding hydrogens is 333 g/mol. The van der Waals surface area contributed by atoms with Crippen molar-refractivity contribution in [3.05, 3.63) is 72.5 Å². The molecular formula is C21H20FNO3. The molecule has 0 saturated carbocycles. The van der Waals surface area contributed by atoms with Gasteiger partial charge in [0.05, 0.1) is 6.54 Å². The van der Waals surface area contributed by atoms with Crippen molar-refractivity contribution in [3.8, 4) is 11.5 Å². The molecule has 0 aliphatic rings. The highest BCUT2D eigenvalue weighted by Crippen LogP contribution is 2.21. The summed E-state index contributed by atoms with van der Waals surface area (Å²) >= 11 is 0. The molecule has 0 radical (unpaired) electrons. The summed E-state index contributed by atoms with van der Waals surface area (Å²) in [5.41, 5.74) is 0. The van der Waals surface area contributed by atoms with E-state index in [0.29, 0.717) is 24.7 Å². The smallest absolute Gasteiger partial charge is 0.260 e. The molecule has 0 aliphatic carbocycles. The number of benzene rings is 3. The van der Waals surface area contributed by atoms with E-state index < -0.39 is 6.10 Å². The number of hydrogen-bond donors (Lipinski definition) is 1. The minimum absolute atomic E-state index is 0.221. The van der Waals surface area contributed by atoms with E-state index in [9.17, 15) is 9.18 Å². The number of rotatable bonds is 7. The van der Waals surface area contributed by atoms with Crippen LogP contribution in [0.5, 0.6) is 11.5 Å². The molecule has 0 heterocycles. The van der Waals surface area contributed by atoms with Crippen LogP contribution in [0, 0.1) is 5.82 Å². The van der Waals surface area contributed by atoms with Crippen molar-refractivity contribution in [2.45, 2.75) is 13.0 Å². The lowest BCUT2D eigenvalue weighted by atomic mass is 10.1. The Bertz CT molecular complexity index is 880. The Balaban J connectivity index is 1.45. The zero-order chi connectivity index (χ0) is 18.4. The molecule has 26 heavy (non-hydrogen) atoms. The van der Waals surface area contributed by atoms with Gasteiger partial charge in [-0.15, -0.1) is 0 Å². The fraction of sp³-hybridized carbons (Fsp3) is 0.190. The number of carbonyl (C=O) groups excluding carboxylic acids is 1. The first kappa shape index (κ1) is 17.7. The van der Waals surface area contributed by atoms with E-state index in [2.05, 4.69) is 5.32 Å². The summed E-state index contributed by atoms with van der Waals surface area (Å²) in [6.45, 7) is 2.33. The second-order valence-electron chi connectivity index (χ2n) is 5.86. The van der Waals surface area contributed by atoms with Gasteiger partial charge in [-0.3, -0.25) is 4.79 Å². The summed E-state index contributed by atoms with van der Waals surface area (Å²) in [7, 11) is 0. The minimum Gasteiger partial charge on any atom is -0.492 e. The lowest BCUT2D eigenvalue weighted by Gasteiger charge is -2.15. The van der Waals surface area contributed by atoms with E-state index in [1.165, 1.54) is 12.1 Å². The maximum atomic E-state index is 12.8. The van der Waals surface area contributed by atoms with E-state index in [1.807, 2.05) is 42.5 Å². The zero-order valence-corrected chi connectivity index (χ0v) is 14.4. The van der Waals surface area contributed by atoms with E-state index >= 15 is 0 Å². The number of fused-ring (bicyclic) bond motifs is 1. The molecule has 0 aliphatic heterocycles. The van der Waals surface area contributed by atoms with Gasteiger partial charge in [0.15, 0.2) is 6.10 Å². The molecule has 5 heteroatoms. The lowest BCUT2D eigenvalue weighted by Crippen LogP contribution is -2.38. The quantitative estimate of drug-likeness (QED) is 0.655. The van der Waals surface area contributed by atoms with E-state index in [1.54, 1.807) is 19.1 Å². The molecule has 1 atom stereocenters. The van der Waals surface area contributed by atoms with Gasteiger partial charge in [-0.1, -0.05) is 30.3 Å². The highest BCUT2D eigenvalue weighted by molar-refractivity contribution is 5.84. The molecule has 1 N–H and O–H groups in total. The van der Waals surface area contributed by atoms with Crippen LogP contribution < -0.4 is 14.8 Å². The van der Waals surface area contributed by atoms with Crippen LogP contribution in [0.2, 0.25) is 0 Å². The topological polar surface area (TPSA) is 47.6 Å². The Kier molecular flexibility index (Phi) is 5.69. The molecule has 134 valence electrons. The van der Waals surface area contributed by atoms with Crippen molar-refractivity contribution in [2.75, 3.05) is 13.2 Å². The number of hydrogen-bond acceptors (Lipinski definition) is 3. The molecule has 1 amide bonds. The predicted molar refractivity (Wildman–Crippen MR) is 98.9 cm³/mol. The van der Waals surface area contributed by atoms with Crippen LogP contribution in [0.4, 0.5) is 4.39 Å². The number of ether oxygens (including phenoxy) is 2. The normalized spacial score (nSPS) is 11.8. The molecule has 1 unspecified atom stereocenters. The van der Waals surface area contributed by atoms with Crippen LogP contribution in [0.15, 0.2) is 66.7 Å². The third-order valence-corrected chi connectivity index (χ3v) is 3.89. The van der Waals surface area contributed by atoms with Crippen molar-refractivity contribution in [3.63, 3.8) is 0 Å². The van der Waals surface area contributed by atoms with Crippen molar-refractivity contribution >= 4 is 16.7 Å². The van der Waals surface area contributed by atoms with E-state index in [-0.39, 0.29) is 11.7 Å². The first-order valence-corrected chi connectivity index (χ1v) is 8.43. The number of carbonyl (C=O) groups is 1. The van der Waals surface area contributed by atoms with Crippen molar-refractivity contribution < 1.29 is 18.7 Å². The second kappa shape index (κ2) is 8.34. The monoisotopic (exact) mass is 353 g/mol. The van der Waals surface area contributed by atoms with Crippen molar-refractivity contribution in [2.24, 2.45) is 0 Å². The van der Waals surface area contributed by atoms with Crippen LogP contribution in [0.1, 0.15) is 6.92 Å². The van der Waals surface area contributed by atoms with Crippen LogP contribution in [0.25, 0.3) is 10.8 Å². The standard InChI is InChI=1S/C21H20FNO3/c1-15(26-20-9-6-16-4-2-3-5-17(16)14-20)21(24)23-12-13-25-19-10-7-18(22)8-11-19/h2-11,14-15H,12-13H2,1H3,(H,23,24). The summed E-state index contributed by atoms with van der Waals surface area (Å²) in [4.78, 5) is 12.1. The number of nitrogens with one attached hydrogen (secondary N) is 1. The Morgan fingerprint density at radius 3 is 2.46 bits per heavy atom. The van der Waals surface area contributed by atoms with Gasteiger partial charge in [-0.05, 0) is 54.1 Å². The van der Waals surface area contributed by atoms with Gasteiger partial charge in [0.2, 0.25) is 0 Å².